The summed E-state index contributed by atoms with van der Waals surface area (Å²) in [5.74, 6) is 0.901. The SMILES string of the molecule is Cc1nc2cc(-c3ccc(N)cn3)cnc2n1COCC[Si](C)(C)C. The fraction of sp³-hybridized carbons (Fsp3) is 0.389. The summed E-state index contributed by atoms with van der Waals surface area (Å²) in [6, 6.07) is 6.88. The van der Waals surface area contributed by atoms with Crippen molar-refractivity contribution in [3.8, 4) is 11.3 Å². The second-order valence-corrected chi connectivity index (χ2v) is 13.1. The Morgan fingerprint density at radius 2 is 1.96 bits per heavy atom. The molecule has 0 aliphatic rings. The average molecular weight is 356 g/mol. The van der Waals surface area contributed by atoms with Gasteiger partial charge < -0.3 is 10.5 Å². The van der Waals surface area contributed by atoms with Crippen LogP contribution in [0.1, 0.15) is 5.82 Å². The van der Waals surface area contributed by atoms with Crippen LogP contribution in [0, 0.1) is 6.92 Å². The van der Waals surface area contributed by atoms with Crippen molar-refractivity contribution in [2.75, 3.05) is 12.3 Å². The largest absolute Gasteiger partial charge is 0.397 e. The number of nitrogens with two attached hydrogens (primary N) is 1. The molecule has 3 rings (SSSR count). The number of nitrogens with zero attached hydrogens (tertiary/aromatic N) is 4. The van der Waals surface area contributed by atoms with Crippen molar-refractivity contribution in [3.63, 3.8) is 0 Å². The van der Waals surface area contributed by atoms with E-state index in [0.29, 0.717) is 12.4 Å². The Morgan fingerprint density at radius 1 is 1.16 bits per heavy atom. The number of hydrogen-bond donors (Lipinski definition) is 1. The molecule has 6 nitrogen and oxygen atoms in total. The summed E-state index contributed by atoms with van der Waals surface area (Å²) in [6.45, 7) is 10.3. The third kappa shape index (κ3) is 4.24. The third-order valence-corrected chi connectivity index (χ3v) is 5.78. The van der Waals surface area contributed by atoms with Gasteiger partial charge in [-0.15, -0.1) is 0 Å². The second kappa shape index (κ2) is 6.93. The van der Waals surface area contributed by atoms with Gasteiger partial charge in [0.05, 0.1) is 17.6 Å². The second-order valence-electron chi connectivity index (χ2n) is 7.48. The maximum atomic E-state index is 5.86. The summed E-state index contributed by atoms with van der Waals surface area (Å²) in [4.78, 5) is 13.6. The van der Waals surface area contributed by atoms with Crippen LogP contribution in [-0.2, 0) is 11.5 Å². The molecule has 3 heterocycles. The predicted molar refractivity (Wildman–Crippen MR) is 104 cm³/mol. The third-order valence-electron chi connectivity index (χ3n) is 4.07. The molecule has 0 aliphatic heterocycles. The first-order valence-corrected chi connectivity index (χ1v) is 12.2. The van der Waals surface area contributed by atoms with E-state index in [-0.39, 0.29) is 0 Å². The van der Waals surface area contributed by atoms with Crippen LogP contribution in [0.15, 0.2) is 30.6 Å². The van der Waals surface area contributed by atoms with Gasteiger partial charge in [0.1, 0.15) is 18.1 Å². The maximum Gasteiger partial charge on any atom is 0.161 e. The van der Waals surface area contributed by atoms with Gasteiger partial charge in [-0.1, -0.05) is 19.6 Å². The highest BCUT2D eigenvalue weighted by atomic mass is 28.3. The minimum Gasteiger partial charge on any atom is -0.397 e. The van der Waals surface area contributed by atoms with E-state index >= 15 is 0 Å². The summed E-state index contributed by atoms with van der Waals surface area (Å²) in [5.41, 5.74) is 9.79. The van der Waals surface area contributed by atoms with Gasteiger partial charge in [-0.2, -0.15) is 0 Å². The van der Waals surface area contributed by atoms with Gasteiger partial charge >= 0.3 is 0 Å². The van der Waals surface area contributed by atoms with Crippen LogP contribution in [0.4, 0.5) is 5.69 Å². The molecule has 3 aromatic heterocycles. The summed E-state index contributed by atoms with van der Waals surface area (Å²) in [6.07, 6.45) is 3.47. The number of hydrogen-bond acceptors (Lipinski definition) is 5. The van der Waals surface area contributed by atoms with Crippen molar-refractivity contribution in [2.45, 2.75) is 39.3 Å². The first-order valence-electron chi connectivity index (χ1n) is 8.46. The van der Waals surface area contributed by atoms with Crippen molar-refractivity contribution < 1.29 is 4.74 Å². The van der Waals surface area contributed by atoms with Crippen LogP contribution in [0.5, 0.6) is 0 Å². The standard InChI is InChI=1S/C18H25N5OSi/c1-13-22-17-9-14(16-6-5-15(19)11-20-16)10-21-18(17)23(13)12-24-7-8-25(2,3)4/h5-6,9-11H,7-8,12,19H2,1-4H3. The van der Waals surface area contributed by atoms with E-state index in [1.165, 1.54) is 0 Å². The molecule has 0 atom stereocenters. The van der Waals surface area contributed by atoms with Crippen LogP contribution in [-0.4, -0.2) is 34.2 Å². The van der Waals surface area contributed by atoms with E-state index in [9.17, 15) is 0 Å². The number of aromatic nitrogens is 4. The van der Waals surface area contributed by atoms with Crippen LogP contribution in [0.2, 0.25) is 25.7 Å². The van der Waals surface area contributed by atoms with E-state index in [1.54, 1.807) is 6.20 Å². The quantitative estimate of drug-likeness (QED) is 0.539. The van der Waals surface area contributed by atoms with E-state index in [4.69, 9.17) is 10.5 Å². The number of anilines is 1. The topological polar surface area (TPSA) is 78.9 Å². The summed E-state index contributed by atoms with van der Waals surface area (Å²) in [5, 5.41) is 0. The predicted octanol–water partition coefficient (Wildman–Crippen LogP) is 3.70. The van der Waals surface area contributed by atoms with E-state index in [0.717, 1.165) is 40.9 Å². The first kappa shape index (κ1) is 17.6. The molecule has 0 saturated carbocycles. The highest BCUT2D eigenvalue weighted by Crippen LogP contribution is 2.22. The van der Waals surface area contributed by atoms with Gasteiger partial charge in [0.2, 0.25) is 0 Å². The maximum absolute atomic E-state index is 5.86. The monoisotopic (exact) mass is 355 g/mol. The molecule has 3 aromatic rings. The number of ether oxygens (including phenoxy) is 1. The summed E-state index contributed by atoms with van der Waals surface area (Å²) in [7, 11) is -1.08. The van der Waals surface area contributed by atoms with Gasteiger partial charge in [-0.05, 0) is 31.2 Å². The molecular formula is C18H25N5OSi. The Kier molecular flexibility index (Phi) is 4.87. The number of pyridine rings is 2. The summed E-state index contributed by atoms with van der Waals surface area (Å²) < 4.78 is 7.88. The van der Waals surface area contributed by atoms with Crippen molar-refractivity contribution in [1.29, 1.82) is 0 Å². The highest BCUT2D eigenvalue weighted by molar-refractivity contribution is 6.76. The van der Waals surface area contributed by atoms with Crippen LogP contribution < -0.4 is 5.73 Å². The Bertz CT molecular complexity index is 868. The van der Waals surface area contributed by atoms with E-state index in [2.05, 4.69) is 34.6 Å². The Hall–Kier alpha value is -2.25. The fourth-order valence-electron chi connectivity index (χ4n) is 2.53. The number of aryl methyl sites for hydroxylation is 1. The lowest BCUT2D eigenvalue weighted by atomic mass is 10.2. The molecule has 0 fully saturated rings. The van der Waals surface area contributed by atoms with Crippen LogP contribution in [0.25, 0.3) is 22.4 Å². The molecule has 0 amide bonds. The Morgan fingerprint density at radius 3 is 2.64 bits per heavy atom. The molecular weight excluding hydrogens is 330 g/mol. The number of nitrogen functional groups attached to an aromatic ring is 1. The zero-order chi connectivity index (χ0) is 18.0. The highest BCUT2D eigenvalue weighted by Gasteiger charge is 2.14. The van der Waals surface area contributed by atoms with Gasteiger partial charge in [-0.25, -0.2) is 9.97 Å². The average Bonchev–Trinajstić information content (AvgIpc) is 2.86. The molecule has 0 aliphatic carbocycles. The molecule has 0 saturated heterocycles. The number of fused-ring (bicyclic) bond motifs is 1. The number of imidazole rings is 1. The zero-order valence-electron chi connectivity index (χ0n) is 15.3. The number of rotatable bonds is 6. The normalized spacial score (nSPS) is 12.0. The van der Waals surface area contributed by atoms with E-state index < -0.39 is 8.07 Å². The molecule has 0 radical (unpaired) electrons. The van der Waals surface area contributed by atoms with E-state index in [1.807, 2.05) is 35.9 Å². The minimum atomic E-state index is -1.08. The molecule has 7 heteroatoms. The molecule has 0 aromatic carbocycles. The van der Waals surface area contributed by atoms with Crippen LogP contribution in [0.3, 0.4) is 0 Å². The lowest BCUT2D eigenvalue weighted by Gasteiger charge is -2.15. The molecule has 132 valence electrons. The van der Waals surface area contributed by atoms with Crippen LogP contribution >= 0.6 is 0 Å². The van der Waals surface area contributed by atoms with Gasteiger partial charge in [0, 0.05) is 26.4 Å². The van der Waals surface area contributed by atoms with Gasteiger partial charge in [0.25, 0.3) is 0 Å². The van der Waals surface area contributed by atoms with Gasteiger partial charge in [0.15, 0.2) is 5.65 Å². The van der Waals surface area contributed by atoms with Crippen molar-refractivity contribution in [3.05, 3.63) is 36.4 Å². The van der Waals surface area contributed by atoms with Crippen molar-refractivity contribution >= 4 is 24.9 Å². The molecule has 0 unspecified atom stereocenters. The van der Waals surface area contributed by atoms with Gasteiger partial charge in [-0.3, -0.25) is 9.55 Å². The zero-order valence-corrected chi connectivity index (χ0v) is 16.3. The Labute approximate surface area is 149 Å². The summed E-state index contributed by atoms with van der Waals surface area (Å²) >= 11 is 0. The Balaban J connectivity index is 1.79. The minimum absolute atomic E-state index is 0.485. The fourth-order valence-corrected chi connectivity index (χ4v) is 3.29. The molecule has 2 N–H and O–H groups in total. The smallest absolute Gasteiger partial charge is 0.161 e. The van der Waals surface area contributed by atoms with Crippen molar-refractivity contribution in [1.82, 2.24) is 19.5 Å². The lowest BCUT2D eigenvalue weighted by Crippen LogP contribution is -2.22. The van der Waals surface area contributed by atoms with Crippen molar-refractivity contribution in [2.24, 2.45) is 0 Å². The molecule has 25 heavy (non-hydrogen) atoms. The molecule has 0 spiro atoms. The lowest BCUT2D eigenvalue weighted by molar-refractivity contribution is 0.0881. The first-order chi connectivity index (χ1) is 11.8. The molecule has 0 bridgehead atoms.